The summed E-state index contributed by atoms with van der Waals surface area (Å²) in [6.45, 7) is 3.38. The Bertz CT molecular complexity index is 1000. The summed E-state index contributed by atoms with van der Waals surface area (Å²) in [5.41, 5.74) is 1.50. The van der Waals surface area contributed by atoms with Crippen molar-refractivity contribution in [3.63, 3.8) is 0 Å². The van der Waals surface area contributed by atoms with Gasteiger partial charge in [0.1, 0.15) is 16.4 Å². The van der Waals surface area contributed by atoms with Gasteiger partial charge in [-0.2, -0.15) is 4.31 Å². The first kappa shape index (κ1) is 19.2. The van der Waals surface area contributed by atoms with Crippen LogP contribution in [-0.2, 0) is 23.0 Å². The second kappa shape index (κ2) is 7.98. The Balaban J connectivity index is 1.93. The quantitative estimate of drug-likeness (QED) is 0.620. The van der Waals surface area contributed by atoms with Gasteiger partial charge < -0.3 is 4.52 Å². The lowest BCUT2D eigenvalue weighted by atomic mass is 10.1. The number of hydrogen-bond donors (Lipinski definition) is 0. The molecular formula is C19H20FN3O3S. The molecule has 0 saturated carbocycles. The molecule has 0 atom stereocenters. The Labute approximate surface area is 157 Å². The van der Waals surface area contributed by atoms with E-state index in [1.54, 1.807) is 56.6 Å². The highest BCUT2D eigenvalue weighted by atomic mass is 32.2. The van der Waals surface area contributed by atoms with Crippen LogP contribution in [0.4, 0.5) is 4.39 Å². The van der Waals surface area contributed by atoms with Gasteiger partial charge in [0.25, 0.3) is 0 Å². The third-order valence-corrected chi connectivity index (χ3v) is 6.33. The molecule has 0 spiro atoms. The van der Waals surface area contributed by atoms with Crippen LogP contribution in [0.2, 0.25) is 0 Å². The summed E-state index contributed by atoms with van der Waals surface area (Å²) in [5, 5.41) is 3.75. The van der Waals surface area contributed by atoms with Crippen molar-refractivity contribution in [1.82, 2.24) is 14.4 Å². The summed E-state index contributed by atoms with van der Waals surface area (Å²) >= 11 is 0. The first-order chi connectivity index (χ1) is 12.9. The van der Waals surface area contributed by atoms with E-state index in [4.69, 9.17) is 4.52 Å². The molecule has 0 fully saturated rings. The number of aryl methyl sites for hydroxylation is 2. The standard InChI is InChI=1S/C19H20FN3O3S/c1-14-19(15(2)26-22-14)27(24,25)23(13-16-6-5-10-21-12-16)11-9-17-7-3-4-8-18(17)20/h3-8,10,12H,9,11,13H2,1-2H3. The summed E-state index contributed by atoms with van der Waals surface area (Å²) in [7, 11) is -3.87. The van der Waals surface area contributed by atoms with E-state index >= 15 is 0 Å². The topological polar surface area (TPSA) is 76.3 Å². The Hall–Kier alpha value is -2.58. The predicted octanol–water partition coefficient (Wildman–Crippen LogP) is 3.26. The van der Waals surface area contributed by atoms with Gasteiger partial charge in [0.2, 0.25) is 10.0 Å². The van der Waals surface area contributed by atoms with Crippen LogP contribution in [0.3, 0.4) is 0 Å². The smallest absolute Gasteiger partial charge is 0.248 e. The summed E-state index contributed by atoms with van der Waals surface area (Å²) in [5.74, 6) is -0.122. The molecule has 3 rings (SSSR count). The first-order valence-electron chi connectivity index (χ1n) is 8.45. The molecule has 0 amide bonds. The monoisotopic (exact) mass is 389 g/mol. The second-order valence-electron chi connectivity index (χ2n) is 6.19. The fourth-order valence-corrected chi connectivity index (χ4v) is 4.62. The van der Waals surface area contributed by atoms with Crippen LogP contribution in [0.5, 0.6) is 0 Å². The average Bonchev–Trinajstić information content (AvgIpc) is 2.99. The molecule has 0 unspecified atom stereocenters. The molecule has 8 heteroatoms. The highest BCUT2D eigenvalue weighted by Crippen LogP contribution is 2.25. The van der Waals surface area contributed by atoms with E-state index in [-0.39, 0.29) is 36.0 Å². The predicted molar refractivity (Wildman–Crippen MR) is 97.9 cm³/mol. The number of halogens is 1. The number of nitrogens with zero attached hydrogens (tertiary/aromatic N) is 3. The van der Waals surface area contributed by atoms with Crippen LogP contribution in [0.15, 0.2) is 58.2 Å². The van der Waals surface area contributed by atoms with E-state index in [1.165, 1.54) is 10.4 Å². The highest BCUT2D eigenvalue weighted by Gasteiger charge is 2.31. The van der Waals surface area contributed by atoms with Crippen LogP contribution >= 0.6 is 0 Å². The van der Waals surface area contributed by atoms with Gasteiger partial charge in [0, 0.05) is 25.5 Å². The maximum absolute atomic E-state index is 14.0. The van der Waals surface area contributed by atoms with Crippen LogP contribution in [0.25, 0.3) is 0 Å². The lowest BCUT2D eigenvalue weighted by Crippen LogP contribution is -2.33. The van der Waals surface area contributed by atoms with Gasteiger partial charge in [-0.1, -0.05) is 29.4 Å². The zero-order valence-corrected chi connectivity index (χ0v) is 15.9. The van der Waals surface area contributed by atoms with Crippen molar-refractivity contribution in [2.45, 2.75) is 31.7 Å². The minimum atomic E-state index is -3.87. The third-order valence-electron chi connectivity index (χ3n) is 4.24. The van der Waals surface area contributed by atoms with E-state index in [0.717, 1.165) is 5.56 Å². The van der Waals surface area contributed by atoms with Crippen molar-refractivity contribution < 1.29 is 17.3 Å². The number of pyridine rings is 1. The second-order valence-corrected chi connectivity index (χ2v) is 8.07. The summed E-state index contributed by atoms with van der Waals surface area (Å²) in [6.07, 6.45) is 3.48. The first-order valence-corrected chi connectivity index (χ1v) is 9.89. The fraction of sp³-hybridized carbons (Fsp3) is 0.263. The van der Waals surface area contributed by atoms with Gasteiger partial charge in [-0.25, -0.2) is 12.8 Å². The average molecular weight is 389 g/mol. The fourth-order valence-electron chi connectivity index (χ4n) is 2.90. The Morgan fingerprint density at radius 2 is 1.93 bits per heavy atom. The van der Waals surface area contributed by atoms with Gasteiger partial charge in [-0.05, 0) is 43.5 Å². The van der Waals surface area contributed by atoms with Gasteiger partial charge in [0.05, 0.1) is 0 Å². The van der Waals surface area contributed by atoms with Gasteiger partial charge in [0.15, 0.2) is 5.76 Å². The molecule has 2 heterocycles. The zero-order valence-electron chi connectivity index (χ0n) is 15.1. The Kier molecular flexibility index (Phi) is 5.67. The third kappa shape index (κ3) is 4.23. The van der Waals surface area contributed by atoms with Gasteiger partial charge in [-0.15, -0.1) is 0 Å². The van der Waals surface area contributed by atoms with Gasteiger partial charge >= 0.3 is 0 Å². The SMILES string of the molecule is Cc1noc(C)c1S(=O)(=O)N(CCc1ccccc1F)Cc1cccnc1. The van der Waals surface area contributed by atoms with Crippen molar-refractivity contribution in [3.05, 3.63) is 77.2 Å². The molecule has 0 N–H and O–H groups in total. The van der Waals surface area contributed by atoms with Crippen LogP contribution in [-0.4, -0.2) is 29.4 Å². The van der Waals surface area contributed by atoms with E-state index in [1.807, 2.05) is 0 Å². The Morgan fingerprint density at radius 1 is 1.15 bits per heavy atom. The number of hydrogen-bond acceptors (Lipinski definition) is 5. The molecule has 0 bridgehead atoms. The molecule has 1 aromatic carbocycles. The van der Waals surface area contributed by atoms with Crippen molar-refractivity contribution >= 4 is 10.0 Å². The zero-order chi connectivity index (χ0) is 19.4. The van der Waals surface area contributed by atoms with Crippen molar-refractivity contribution in [1.29, 1.82) is 0 Å². The molecular weight excluding hydrogens is 369 g/mol. The number of sulfonamides is 1. The number of aromatic nitrogens is 2. The molecule has 0 saturated heterocycles. The van der Waals surface area contributed by atoms with Crippen molar-refractivity contribution in [2.75, 3.05) is 6.54 Å². The van der Waals surface area contributed by atoms with Crippen LogP contribution in [0.1, 0.15) is 22.6 Å². The molecule has 27 heavy (non-hydrogen) atoms. The highest BCUT2D eigenvalue weighted by molar-refractivity contribution is 7.89. The minimum Gasteiger partial charge on any atom is -0.360 e. The Morgan fingerprint density at radius 3 is 2.56 bits per heavy atom. The van der Waals surface area contributed by atoms with E-state index < -0.39 is 10.0 Å². The largest absolute Gasteiger partial charge is 0.360 e. The van der Waals surface area contributed by atoms with Crippen LogP contribution in [0, 0.1) is 19.7 Å². The van der Waals surface area contributed by atoms with E-state index in [0.29, 0.717) is 11.3 Å². The lowest BCUT2D eigenvalue weighted by Gasteiger charge is -2.22. The minimum absolute atomic E-state index is 0.0555. The molecule has 142 valence electrons. The molecule has 0 aliphatic rings. The number of rotatable bonds is 7. The summed E-state index contributed by atoms with van der Waals surface area (Å²) in [4.78, 5) is 4.09. The molecule has 0 aliphatic carbocycles. The maximum Gasteiger partial charge on any atom is 0.248 e. The lowest BCUT2D eigenvalue weighted by molar-refractivity contribution is 0.386. The van der Waals surface area contributed by atoms with Gasteiger partial charge in [-0.3, -0.25) is 4.98 Å². The van der Waals surface area contributed by atoms with Crippen molar-refractivity contribution in [3.8, 4) is 0 Å². The van der Waals surface area contributed by atoms with E-state index in [2.05, 4.69) is 10.1 Å². The molecule has 0 radical (unpaired) electrons. The molecule has 3 aromatic rings. The van der Waals surface area contributed by atoms with E-state index in [9.17, 15) is 12.8 Å². The molecule has 0 aliphatic heterocycles. The summed E-state index contributed by atoms with van der Waals surface area (Å²) < 4.78 is 46.8. The molecule has 6 nitrogen and oxygen atoms in total. The van der Waals surface area contributed by atoms with Crippen molar-refractivity contribution in [2.24, 2.45) is 0 Å². The molecule has 2 aromatic heterocycles. The van der Waals surface area contributed by atoms with Crippen LogP contribution < -0.4 is 0 Å². The summed E-state index contributed by atoms with van der Waals surface area (Å²) in [6, 6.07) is 9.89. The normalized spacial score (nSPS) is 11.9. The maximum atomic E-state index is 14.0. The number of benzene rings is 1.